The SMILES string of the molecule is CNC(CCC(C)(C)OC)c1cc(Cl)ccc1C. The first kappa shape index (κ1) is 15.5. The summed E-state index contributed by atoms with van der Waals surface area (Å²) in [5.74, 6) is 0. The lowest BCUT2D eigenvalue weighted by Gasteiger charge is -2.26. The zero-order valence-electron chi connectivity index (χ0n) is 12.0. The third-order valence-electron chi connectivity index (χ3n) is 3.55. The molecule has 0 saturated carbocycles. The first-order chi connectivity index (χ1) is 8.39. The number of hydrogen-bond acceptors (Lipinski definition) is 2. The molecule has 1 aromatic rings. The summed E-state index contributed by atoms with van der Waals surface area (Å²) >= 11 is 6.08. The first-order valence-corrected chi connectivity index (χ1v) is 6.76. The van der Waals surface area contributed by atoms with Crippen LogP contribution in [0.5, 0.6) is 0 Å². The Kier molecular flexibility index (Phi) is 5.64. The van der Waals surface area contributed by atoms with Gasteiger partial charge in [0.2, 0.25) is 0 Å². The topological polar surface area (TPSA) is 21.3 Å². The Morgan fingerprint density at radius 2 is 2.06 bits per heavy atom. The number of nitrogens with one attached hydrogen (secondary N) is 1. The molecule has 0 amide bonds. The van der Waals surface area contributed by atoms with Crippen LogP contribution < -0.4 is 5.32 Å². The molecule has 2 nitrogen and oxygen atoms in total. The predicted molar refractivity (Wildman–Crippen MR) is 78.3 cm³/mol. The zero-order chi connectivity index (χ0) is 13.8. The van der Waals surface area contributed by atoms with E-state index in [1.54, 1.807) is 7.11 Å². The molecule has 0 radical (unpaired) electrons. The minimum atomic E-state index is -0.0818. The van der Waals surface area contributed by atoms with Crippen LogP contribution in [0.2, 0.25) is 5.02 Å². The van der Waals surface area contributed by atoms with Crippen molar-refractivity contribution in [3.63, 3.8) is 0 Å². The van der Waals surface area contributed by atoms with Gasteiger partial charge in [0.25, 0.3) is 0 Å². The monoisotopic (exact) mass is 269 g/mol. The van der Waals surface area contributed by atoms with E-state index in [-0.39, 0.29) is 5.60 Å². The third-order valence-corrected chi connectivity index (χ3v) is 3.79. The van der Waals surface area contributed by atoms with Gasteiger partial charge < -0.3 is 10.1 Å². The molecular formula is C15H24ClNO. The van der Waals surface area contributed by atoms with Gasteiger partial charge in [0.15, 0.2) is 0 Å². The third kappa shape index (κ3) is 4.27. The van der Waals surface area contributed by atoms with E-state index < -0.39 is 0 Å². The van der Waals surface area contributed by atoms with Crippen LogP contribution in [0.15, 0.2) is 18.2 Å². The molecule has 0 heterocycles. The molecule has 1 rings (SSSR count). The zero-order valence-corrected chi connectivity index (χ0v) is 12.8. The van der Waals surface area contributed by atoms with Crippen molar-refractivity contribution in [1.82, 2.24) is 5.32 Å². The maximum absolute atomic E-state index is 6.08. The Labute approximate surface area is 116 Å². The van der Waals surface area contributed by atoms with Crippen LogP contribution in [-0.4, -0.2) is 19.8 Å². The second-order valence-electron chi connectivity index (χ2n) is 5.34. The lowest BCUT2D eigenvalue weighted by molar-refractivity contribution is 0.0118. The molecule has 0 aliphatic carbocycles. The summed E-state index contributed by atoms with van der Waals surface area (Å²) in [5, 5.41) is 4.16. The van der Waals surface area contributed by atoms with Crippen molar-refractivity contribution in [2.45, 2.75) is 45.3 Å². The van der Waals surface area contributed by atoms with Gasteiger partial charge in [-0.05, 0) is 63.9 Å². The van der Waals surface area contributed by atoms with Crippen molar-refractivity contribution >= 4 is 11.6 Å². The number of rotatable bonds is 6. The van der Waals surface area contributed by atoms with E-state index in [4.69, 9.17) is 16.3 Å². The van der Waals surface area contributed by atoms with Crippen LogP contribution in [-0.2, 0) is 4.74 Å². The minimum absolute atomic E-state index is 0.0818. The van der Waals surface area contributed by atoms with Crippen molar-refractivity contribution < 1.29 is 4.74 Å². The van der Waals surface area contributed by atoms with Crippen LogP contribution in [0, 0.1) is 6.92 Å². The molecule has 3 heteroatoms. The first-order valence-electron chi connectivity index (χ1n) is 6.38. The highest BCUT2D eigenvalue weighted by Crippen LogP contribution is 2.28. The Balaban J connectivity index is 2.80. The molecule has 0 saturated heterocycles. The standard InChI is InChI=1S/C15H24ClNO/c1-11-6-7-12(16)10-13(11)14(17-4)8-9-15(2,3)18-5/h6-7,10,14,17H,8-9H2,1-5H3. The van der Waals surface area contributed by atoms with Gasteiger partial charge in [0.05, 0.1) is 5.60 Å². The number of ether oxygens (including phenoxy) is 1. The average molecular weight is 270 g/mol. The van der Waals surface area contributed by atoms with Gasteiger partial charge in [-0.15, -0.1) is 0 Å². The van der Waals surface area contributed by atoms with Crippen molar-refractivity contribution in [3.8, 4) is 0 Å². The maximum Gasteiger partial charge on any atom is 0.0623 e. The molecule has 18 heavy (non-hydrogen) atoms. The van der Waals surface area contributed by atoms with E-state index in [9.17, 15) is 0 Å². The average Bonchev–Trinajstić information content (AvgIpc) is 2.34. The van der Waals surface area contributed by atoms with E-state index in [0.717, 1.165) is 17.9 Å². The lowest BCUT2D eigenvalue weighted by Crippen LogP contribution is -2.26. The van der Waals surface area contributed by atoms with E-state index >= 15 is 0 Å². The molecule has 1 aromatic carbocycles. The highest BCUT2D eigenvalue weighted by Gasteiger charge is 2.20. The molecule has 0 bridgehead atoms. The quantitative estimate of drug-likeness (QED) is 0.839. The fourth-order valence-electron chi connectivity index (χ4n) is 2.04. The summed E-state index contributed by atoms with van der Waals surface area (Å²) in [7, 11) is 3.75. The van der Waals surface area contributed by atoms with Crippen molar-refractivity contribution in [1.29, 1.82) is 0 Å². The summed E-state index contributed by atoms with van der Waals surface area (Å²) in [4.78, 5) is 0. The van der Waals surface area contributed by atoms with Crippen LogP contribution in [0.25, 0.3) is 0 Å². The molecule has 1 N–H and O–H groups in total. The molecule has 0 spiro atoms. The van der Waals surface area contributed by atoms with Crippen LogP contribution in [0.3, 0.4) is 0 Å². The van der Waals surface area contributed by atoms with Gasteiger partial charge in [-0.25, -0.2) is 0 Å². The van der Waals surface area contributed by atoms with Crippen LogP contribution >= 0.6 is 11.6 Å². The van der Waals surface area contributed by atoms with Gasteiger partial charge in [-0.1, -0.05) is 17.7 Å². The van der Waals surface area contributed by atoms with Crippen molar-refractivity contribution in [3.05, 3.63) is 34.3 Å². The molecular weight excluding hydrogens is 246 g/mol. The van der Waals surface area contributed by atoms with E-state index in [1.807, 2.05) is 13.1 Å². The van der Waals surface area contributed by atoms with Gasteiger partial charge in [0, 0.05) is 18.2 Å². The number of halogens is 1. The van der Waals surface area contributed by atoms with Crippen LogP contribution in [0.4, 0.5) is 0 Å². The molecule has 0 fully saturated rings. The summed E-state index contributed by atoms with van der Waals surface area (Å²) in [6, 6.07) is 6.38. The molecule has 0 aliphatic heterocycles. The van der Waals surface area contributed by atoms with Gasteiger partial charge in [-0.2, -0.15) is 0 Å². The summed E-state index contributed by atoms with van der Waals surface area (Å²) in [5.41, 5.74) is 2.47. The van der Waals surface area contributed by atoms with Crippen LogP contribution in [0.1, 0.15) is 43.9 Å². The second kappa shape index (κ2) is 6.55. The van der Waals surface area contributed by atoms with E-state index in [1.165, 1.54) is 11.1 Å². The van der Waals surface area contributed by atoms with E-state index in [2.05, 4.69) is 38.2 Å². The molecule has 0 aliphatic rings. The van der Waals surface area contributed by atoms with E-state index in [0.29, 0.717) is 6.04 Å². The normalized spacial score (nSPS) is 13.7. The highest BCUT2D eigenvalue weighted by atomic mass is 35.5. The number of benzene rings is 1. The highest BCUT2D eigenvalue weighted by molar-refractivity contribution is 6.30. The summed E-state index contributed by atoms with van der Waals surface area (Å²) < 4.78 is 5.47. The van der Waals surface area contributed by atoms with Crippen molar-refractivity contribution in [2.24, 2.45) is 0 Å². The van der Waals surface area contributed by atoms with Gasteiger partial charge >= 0.3 is 0 Å². The lowest BCUT2D eigenvalue weighted by atomic mass is 9.93. The summed E-state index contributed by atoms with van der Waals surface area (Å²) in [6.45, 7) is 6.35. The predicted octanol–water partition coefficient (Wildman–Crippen LogP) is 4.11. The van der Waals surface area contributed by atoms with Gasteiger partial charge in [0.1, 0.15) is 0 Å². The Morgan fingerprint density at radius 3 is 2.61 bits per heavy atom. The number of hydrogen-bond donors (Lipinski definition) is 1. The fourth-order valence-corrected chi connectivity index (χ4v) is 2.22. The molecule has 1 unspecified atom stereocenters. The Bertz CT molecular complexity index is 390. The maximum atomic E-state index is 6.08. The number of aryl methyl sites for hydroxylation is 1. The minimum Gasteiger partial charge on any atom is -0.379 e. The molecule has 0 aromatic heterocycles. The van der Waals surface area contributed by atoms with Crippen molar-refractivity contribution in [2.75, 3.05) is 14.2 Å². The largest absolute Gasteiger partial charge is 0.379 e. The Hall–Kier alpha value is -0.570. The second-order valence-corrected chi connectivity index (χ2v) is 5.78. The van der Waals surface area contributed by atoms with Gasteiger partial charge in [-0.3, -0.25) is 0 Å². The Morgan fingerprint density at radius 1 is 1.39 bits per heavy atom. The molecule has 102 valence electrons. The smallest absolute Gasteiger partial charge is 0.0623 e. The summed E-state index contributed by atoms with van der Waals surface area (Å²) in [6.07, 6.45) is 2.03. The molecule has 1 atom stereocenters. The fraction of sp³-hybridized carbons (Fsp3) is 0.600. The number of methoxy groups -OCH3 is 1.